The fourth-order valence-electron chi connectivity index (χ4n) is 2.56. The van der Waals surface area contributed by atoms with Gasteiger partial charge in [-0.1, -0.05) is 34.1 Å². The summed E-state index contributed by atoms with van der Waals surface area (Å²) in [7, 11) is 2.19. The van der Waals surface area contributed by atoms with E-state index in [-0.39, 0.29) is 0 Å². The van der Waals surface area contributed by atoms with Crippen molar-refractivity contribution in [2.24, 2.45) is 10.7 Å². The molecule has 4 nitrogen and oxygen atoms in total. The molecule has 3 heterocycles. The number of likely N-dealkylation sites (tertiary alicyclic amines) is 1. The first-order chi connectivity index (χ1) is 11.1. The van der Waals surface area contributed by atoms with Gasteiger partial charge >= 0.3 is 0 Å². The predicted molar refractivity (Wildman–Crippen MR) is 103 cm³/mol. The summed E-state index contributed by atoms with van der Waals surface area (Å²) >= 11 is 0. The third kappa shape index (κ3) is 7.60. The van der Waals surface area contributed by atoms with Gasteiger partial charge in [-0.15, -0.1) is 0 Å². The number of aliphatic imine (C=N–C) groups is 1. The highest BCUT2D eigenvalue weighted by Crippen LogP contribution is 2.26. The van der Waals surface area contributed by atoms with Crippen molar-refractivity contribution in [2.45, 2.75) is 67.2 Å². The van der Waals surface area contributed by atoms with Crippen LogP contribution in [0.2, 0.25) is 0 Å². The Balaban J connectivity index is 0.000000377. The molecule has 0 aromatic carbocycles. The highest BCUT2D eigenvalue weighted by atomic mass is 15.1. The number of aromatic nitrogens is 1. The van der Waals surface area contributed by atoms with Gasteiger partial charge in [-0.2, -0.15) is 0 Å². The Morgan fingerprint density at radius 3 is 2.04 bits per heavy atom. The van der Waals surface area contributed by atoms with Gasteiger partial charge in [-0.25, -0.2) is 9.98 Å². The van der Waals surface area contributed by atoms with E-state index in [4.69, 9.17) is 5.73 Å². The van der Waals surface area contributed by atoms with Crippen LogP contribution in [0.3, 0.4) is 0 Å². The van der Waals surface area contributed by atoms with E-state index < -0.39 is 0 Å². The monoisotopic (exact) mass is 320 g/mol. The zero-order valence-electron chi connectivity index (χ0n) is 16.2. The number of fused-ring (bicyclic) bond motifs is 1. The fourth-order valence-corrected chi connectivity index (χ4v) is 2.56. The number of rotatable bonds is 0. The number of nitrogens with zero attached hydrogens (tertiary/aromatic N) is 3. The standard InChI is InChI=1S/C9H11N3.C6H13N.2C2H6/c1-5-3-6(2)11-9-7(5)4-8(10)12-9;1-7-5-3-2-4-6-7;2*1-2/h3H,4H2,1-2H3,(H2,10,11,12);2-6H2,1H3;2*1-2H3. The maximum Gasteiger partial charge on any atom is 0.158 e. The molecule has 0 radical (unpaired) electrons. The van der Waals surface area contributed by atoms with E-state index in [1.807, 2.05) is 34.6 Å². The molecule has 0 atom stereocenters. The number of amidine groups is 1. The third-order valence-corrected chi connectivity index (χ3v) is 3.64. The number of pyridine rings is 1. The van der Waals surface area contributed by atoms with Gasteiger partial charge < -0.3 is 10.6 Å². The third-order valence-electron chi connectivity index (χ3n) is 3.64. The van der Waals surface area contributed by atoms with E-state index in [1.165, 1.54) is 43.5 Å². The van der Waals surface area contributed by atoms with Crippen molar-refractivity contribution in [3.8, 4) is 0 Å². The first-order valence-corrected chi connectivity index (χ1v) is 9.05. The van der Waals surface area contributed by atoms with Crippen LogP contribution in [0.5, 0.6) is 0 Å². The molecule has 0 spiro atoms. The van der Waals surface area contributed by atoms with Crippen LogP contribution in [-0.2, 0) is 6.42 Å². The van der Waals surface area contributed by atoms with Gasteiger partial charge in [0.1, 0.15) is 5.84 Å². The molecule has 0 saturated carbocycles. The lowest BCUT2D eigenvalue weighted by Gasteiger charge is -2.20. The molecule has 3 rings (SSSR count). The van der Waals surface area contributed by atoms with Crippen molar-refractivity contribution in [3.05, 3.63) is 22.9 Å². The zero-order valence-corrected chi connectivity index (χ0v) is 16.2. The van der Waals surface area contributed by atoms with Crippen molar-refractivity contribution < 1.29 is 0 Å². The van der Waals surface area contributed by atoms with Crippen molar-refractivity contribution in [1.82, 2.24) is 9.88 Å². The minimum atomic E-state index is 0.672. The zero-order chi connectivity index (χ0) is 17.8. The average molecular weight is 321 g/mol. The topological polar surface area (TPSA) is 54.5 Å². The molecule has 2 aliphatic heterocycles. The summed E-state index contributed by atoms with van der Waals surface area (Å²) in [6, 6.07) is 2.06. The van der Waals surface area contributed by atoms with Gasteiger partial charge in [0.05, 0.1) is 0 Å². The lowest BCUT2D eigenvalue weighted by molar-refractivity contribution is 0.277. The molecule has 4 heteroatoms. The summed E-state index contributed by atoms with van der Waals surface area (Å²) in [5, 5.41) is 0. The maximum atomic E-state index is 5.61. The Bertz CT molecular complexity index is 475. The predicted octanol–water partition coefficient (Wildman–Crippen LogP) is 4.40. The van der Waals surface area contributed by atoms with Gasteiger partial charge in [0.25, 0.3) is 0 Å². The molecule has 1 aromatic rings. The van der Waals surface area contributed by atoms with E-state index in [9.17, 15) is 0 Å². The second-order valence-electron chi connectivity index (χ2n) is 5.53. The number of piperidine rings is 1. The molecule has 0 unspecified atom stereocenters. The summed E-state index contributed by atoms with van der Waals surface area (Å²) in [5.74, 6) is 1.48. The van der Waals surface area contributed by atoms with E-state index in [2.05, 4.69) is 34.9 Å². The molecule has 2 aliphatic rings. The smallest absolute Gasteiger partial charge is 0.158 e. The Kier molecular flexibility index (Phi) is 11.3. The summed E-state index contributed by atoms with van der Waals surface area (Å²) in [4.78, 5) is 10.8. The van der Waals surface area contributed by atoms with Crippen LogP contribution in [0.25, 0.3) is 0 Å². The summed E-state index contributed by atoms with van der Waals surface area (Å²) in [6.07, 6.45) is 5.03. The molecule has 132 valence electrons. The van der Waals surface area contributed by atoms with Crippen molar-refractivity contribution in [1.29, 1.82) is 0 Å². The van der Waals surface area contributed by atoms with Gasteiger partial charge in [-0.05, 0) is 58.5 Å². The molecular weight excluding hydrogens is 284 g/mol. The second-order valence-corrected chi connectivity index (χ2v) is 5.53. The van der Waals surface area contributed by atoms with Crippen LogP contribution in [0.1, 0.15) is 63.8 Å². The number of nitrogens with two attached hydrogens (primary N) is 1. The Hall–Kier alpha value is -1.42. The van der Waals surface area contributed by atoms with E-state index in [0.29, 0.717) is 5.84 Å². The Labute approximate surface area is 143 Å². The lowest BCUT2D eigenvalue weighted by Crippen LogP contribution is -2.24. The van der Waals surface area contributed by atoms with E-state index in [1.54, 1.807) is 0 Å². The van der Waals surface area contributed by atoms with Gasteiger partial charge in [0.15, 0.2) is 5.82 Å². The second kappa shape index (κ2) is 12.1. The average Bonchev–Trinajstić information content (AvgIpc) is 2.93. The molecule has 23 heavy (non-hydrogen) atoms. The van der Waals surface area contributed by atoms with E-state index in [0.717, 1.165) is 17.9 Å². The molecule has 0 amide bonds. The van der Waals surface area contributed by atoms with Crippen molar-refractivity contribution >= 4 is 11.7 Å². The minimum Gasteiger partial charge on any atom is -0.387 e. The van der Waals surface area contributed by atoms with Crippen molar-refractivity contribution in [3.63, 3.8) is 0 Å². The number of aryl methyl sites for hydroxylation is 2. The lowest BCUT2D eigenvalue weighted by atomic mass is 10.1. The van der Waals surface area contributed by atoms with Crippen LogP contribution < -0.4 is 5.73 Å². The number of hydrogen-bond acceptors (Lipinski definition) is 4. The summed E-state index contributed by atoms with van der Waals surface area (Å²) in [5.41, 5.74) is 9.03. The summed E-state index contributed by atoms with van der Waals surface area (Å²) < 4.78 is 0. The largest absolute Gasteiger partial charge is 0.387 e. The first kappa shape index (κ1) is 21.6. The molecule has 1 aromatic heterocycles. The summed E-state index contributed by atoms with van der Waals surface area (Å²) in [6.45, 7) is 14.7. The van der Waals surface area contributed by atoms with Gasteiger partial charge in [-0.3, -0.25) is 0 Å². The van der Waals surface area contributed by atoms with E-state index >= 15 is 0 Å². The van der Waals surface area contributed by atoms with Crippen LogP contribution in [0, 0.1) is 13.8 Å². The van der Waals surface area contributed by atoms with Crippen molar-refractivity contribution in [2.75, 3.05) is 20.1 Å². The highest BCUT2D eigenvalue weighted by Gasteiger charge is 2.15. The molecule has 2 N–H and O–H groups in total. The normalized spacial score (nSPS) is 15.7. The van der Waals surface area contributed by atoms with Crippen LogP contribution >= 0.6 is 0 Å². The van der Waals surface area contributed by atoms with Crippen LogP contribution in [0.4, 0.5) is 5.82 Å². The fraction of sp³-hybridized carbons (Fsp3) is 0.684. The SMILES string of the molecule is CC.CC.CN1CCCCC1.Cc1cc(C)c2c(n1)N=C(N)C2. The van der Waals surface area contributed by atoms with Crippen LogP contribution in [0.15, 0.2) is 11.1 Å². The van der Waals surface area contributed by atoms with Crippen LogP contribution in [-0.4, -0.2) is 35.9 Å². The molecular formula is C19H36N4. The van der Waals surface area contributed by atoms with Gasteiger partial charge in [0.2, 0.25) is 0 Å². The molecule has 0 aliphatic carbocycles. The number of hydrogen-bond donors (Lipinski definition) is 1. The molecule has 0 bridgehead atoms. The Morgan fingerprint density at radius 2 is 1.57 bits per heavy atom. The first-order valence-electron chi connectivity index (χ1n) is 9.05. The Morgan fingerprint density at radius 1 is 1.00 bits per heavy atom. The van der Waals surface area contributed by atoms with Gasteiger partial charge in [0, 0.05) is 17.7 Å². The molecule has 1 fully saturated rings. The highest BCUT2D eigenvalue weighted by molar-refractivity contribution is 5.90. The minimum absolute atomic E-state index is 0.672. The molecule has 1 saturated heterocycles. The maximum absolute atomic E-state index is 5.61. The quantitative estimate of drug-likeness (QED) is 0.771.